The maximum atomic E-state index is 13.1. The smallest absolute Gasteiger partial charge is 0.261 e. The van der Waals surface area contributed by atoms with Crippen LogP contribution in [0.3, 0.4) is 0 Å². The predicted octanol–water partition coefficient (Wildman–Crippen LogP) is 3.85. The minimum absolute atomic E-state index is 0.0480. The van der Waals surface area contributed by atoms with Gasteiger partial charge in [0.25, 0.3) is 5.91 Å². The summed E-state index contributed by atoms with van der Waals surface area (Å²) in [6.45, 7) is 3.79. The number of thiazole rings is 1. The van der Waals surface area contributed by atoms with E-state index in [1.165, 1.54) is 4.88 Å². The molecule has 4 rings (SSSR count). The second kappa shape index (κ2) is 8.94. The van der Waals surface area contributed by atoms with Gasteiger partial charge in [0.2, 0.25) is 0 Å². The normalized spacial score (nSPS) is 14.8. The molecular formula is C21H23N3O3S2. The lowest BCUT2D eigenvalue weighted by Crippen LogP contribution is -2.48. The quantitative estimate of drug-likeness (QED) is 0.596. The van der Waals surface area contributed by atoms with Crippen LogP contribution in [-0.2, 0) is 6.54 Å². The van der Waals surface area contributed by atoms with Crippen LogP contribution in [0.15, 0.2) is 41.1 Å². The molecule has 2 aromatic heterocycles. The molecule has 0 spiro atoms. The summed E-state index contributed by atoms with van der Waals surface area (Å²) >= 11 is 3.40. The van der Waals surface area contributed by atoms with Crippen LogP contribution < -0.4 is 9.47 Å². The first-order chi connectivity index (χ1) is 14.2. The molecule has 1 amide bonds. The van der Waals surface area contributed by atoms with Gasteiger partial charge in [-0.05, 0) is 23.6 Å². The maximum absolute atomic E-state index is 13.1. The lowest BCUT2D eigenvalue weighted by atomic mass is 10.1. The molecule has 152 valence electrons. The number of benzene rings is 1. The number of methoxy groups -OCH3 is 2. The van der Waals surface area contributed by atoms with Gasteiger partial charge < -0.3 is 14.4 Å². The molecule has 1 saturated heterocycles. The molecule has 1 aromatic carbocycles. The monoisotopic (exact) mass is 429 g/mol. The first kappa shape index (κ1) is 19.9. The zero-order chi connectivity index (χ0) is 20.2. The number of thiophene rings is 1. The van der Waals surface area contributed by atoms with Crippen LogP contribution in [0.2, 0.25) is 0 Å². The van der Waals surface area contributed by atoms with Gasteiger partial charge in [0.1, 0.15) is 22.1 Å². The molecule has 1 aliphatic heterocycles. The molecule has 0 radical (unpaired) electrons. The average molecular weight is 430 g/mol. The van der Waals surface area contributed by atoms with Crippen LogP contribution in [-0.4, -0.2) is 61.1 Å². The van der Waals surface area contributed by atoms with Crippen molar-refractivity contribution in [1.82, 2.24) is 14.8 Å². The van der Waals surface area contributed by atoms with Crippen LogP contribution in [0.25, 0.3) is 10.6 Å². The standard InChI is InChI=1S/C21H23N3O3S2/c1-26-16-5-3-6-17(27-2)20(16)21(25)24-10-8-23(9-11-24)13-19-22-15(14-29-19)18-7-4-12-28-18/h3-7,12,14H,8-11,13H2,1-2H3. The van der Waals surface area contributed by atoms with Crippen LogP contribution in [0.1, 0.15) is 15.4 Å². The highest BCUT2D eigenvalue weighted by Gasteiger charge is 2.27. The number of ether oxygens (including phenoxy) is 2. The minimum atomic E-state index is -0.0480. The third-order valence-electron chi connectivity index (χ3n) is 4.99. The van der Waals surface area contributed by atoms with Crippen molar-refractivity contribution in [2.24, 2.45) is 0 Å². The fourth-order valence-corrected chi connectivity index (χ4v) is 5.04. The van der Waals surface area contributed by atoms with E-state index in [1.54, 1.807) is 49.0 Å². The van der Waals surface area contributed by atoms with Crippen molar-refractivity contribution in [3.63, 3.8) is 0 Å². The van der Waals surface area contributed by atoms with Crippen LogP contribution in [0.5, 0.6) is 11.5 Å². The summed E-state index contributed by atoms with van der Waals surface area (Å²) in [6.07, 6.45) is 0. The summed E-state index contributed by atoms with van der Waals surface area (Å²) in [5, 5.41) is 5.30. The van der Waals surface area contributed by atoms with E-state index in [0.717, 1.165) is 30.3 Å². The number of nitrogens with zero attached hydrogens (tertiary/aromatic N) is 3. The SMILES string of the molecule is COc1cccc(OC)c1C(=O)N1CCN(Cc2nc(-c3cccs3)cs2)CC1. The van der Waals surface area contributed by atoms with Crippen molar-refractivity contribution < 1.29 is 14.3 Å². The Morgan fingerprint density at radius 2 is 1.76 bits per heavy atom. The number of aromatic nitrogens is 1. The molecule has 1 aliphatic rings. The molecule has 0 unspecified atom stereocenters. The van der Waals surface area contributed by atoms with E-state index in [2.05, 4.69) is 21.7 Å². The number of carbonyl (C=O) groups is 1. The van der Waals surface area contributed by atoms with E-state index in [1.807, 2.05) is 17.0 Å². The number of hydrogen-bond acceptors (Lipinski definition) is 7. The van der Waals surface area contributed by atoms with Gasteiger partial charge in [-0.1, -0.05) is 12.1 Å². The van der Waals surface area contributed by atoms with Crippen LogP contribution >= 0.6 is 22.7 Å². The van der Waals surface area contributed by atoms with E-state index in [4.69, 9.17) is 14.5 Å². The Balaban J connectivity index is 1.38. The van der Waals surface area contributed by atoms with Gasteiger partial charge >= 0.3 is 0 Å². The number of rotatable bonds is 6. The maximum Gasteiger partial charge on any atom is 0.261 e. The third kappa shape index (κ3) is 4.29. The first-order valence-corrected chi connectivity index (χ1v) is 11.2. The predicted molar refractivity (Wildman–Crippen MR) is 116 cm³/mol. The van der Waals surface area contributed by atoms with E-state index in [0.29, 0.717) is 30.2 Å². The Morgan fingerprint density at radius 3 is 2.38 bits per heavy atom. The van der Waals surface area contributed by atoms with E-state index >= 15 is 0 Å². The second-order valence-electron chi connectivity index (χ2n) is 6.71. The minimum Gasteiger partial charge on any atom is -0.496 e. The molecule has 3 heterocycles. The lowest BCUT2D eigenvalue weighted by molar-refractivity contribution is 0.0622. The second-order valence-corrected chi connectivity index (χ2v) is 8.60. The fraction of sp³-hybridized carbons (Fsp3) is 0.333. The molecule has 3 aromatic rings. The molecule has 8 heteroatoms. The van der Waals surface area contributed by atoms with Crippen molar-refractivity contribution in [3.05, 3.63) is 51.7 Å². The lowest BCUT2D eigenvalue weighted by Gasteiger charge is -2.34. The topological polar surface area (TPSA) is 54.9 Å². The molecule has 0 bridgehead atoms. The zero-order valence-electron chi connectivity index (χ0n) is 16.5. The number of amides is 1. The Morgan fingerprint density at radius 1 is 1.03 bits per heavy atom. The van der Waals surface area contributed by atoms with E-state index in [9.17, 15) is 4.79 Å². The summed E-state index contributed by atoms with van der Waals surface area (Å²) in [5.41, 5.74) is 1.54. The third-order valence-corrected chi connectivity index (χ3v) is 6.71. The largest absolute Gasteiger partial charge is 0.496 e. The van der Waals surface area contributed by atoms with Crippen LogP contribution in [0.4, 0.5) is 0 Å². The van der Waals surface area contributed by atoms with Crippen molar-refractivity contribution in [2.45, 2.75) is 6.54 Å². The summed E-state index contributed by atoms with van der Waals surface area (Å²) < 4.78 is 10.8. The van der Waals surface area contributed by atoms with Crippen molar-refractivity contribution in [1.29, 1.82) is 0 Å². The molecule has 1 fully saturated rings. The van der Waals surface area contributed by atoms with Gasteiger partial charge in [-0.2, -0.15) is 0 Å². The van der Waals surface area contributed by atoms with Gasteiger partial charge in [-0.3, -0.25) is 9.69 Å². The Hall–Kier alpha value is -2.42. The number of carbonyl (C=O) groups excluding carboxylic acids is 1. The molecular weight excluding hydrogens is 406 g/mol. The number of piperazine rings is 1. The Labute approximate surface area is 178 Å². The van der Waals surface area contributed by atoms with Crippen molar-refractivity contribution in [3.8, 4) is 22.1 Å². The molecule has 0 atom stereocenters. The highest BCUT2D eigenvalue weighted by Crippen LogP contribution is 2.30. The first-order valence-electron chi connectivity index (χ1n) is 9.40. The molecule has 0 saturated carbocycles. The summed E-state index contributed by atoms with van der Waals surface area (Å²) in [5.74, 6) is 1.04. The van der Waals surface area contributed by atoms with Gasteiger partial charge in [-0.15, -0.1) is 22.7 Å². The van der Waals surface area contributed by atoms with Crippen molar-refractivity contribution in [2.75, 3.05) is 40.4 Å². The summed E-state index contributed by atoms with van der Waals surface area (Å²) in [7, 11) is 3.14. The van der Waals surface area contributed by atoms with Gasteiger partial charge in [-0.25, -0.2) is 4.98 Å². The number of hydrogen-bond donors (Lipinski definition) is 0. The highest BCUT2D eigenvalue weighted by atomic mass is 32.1. The van der Waals surface area contributed by atoms with Crippen molar-refractivity contribution >= 4 is 28.6 Å². The Bertz CT molecular complexity index is 941. The zero-order valence-corrected chi connectivity index (χ0v) is 18.1. The average Bonchev–Trinajstić information content (AvgIpc) is 3.45. The van der Waals surface area contributed by atoms with E-state index in [-0.39, 0.29) is 5.91 Å². The molecule has 29 heavy (non-hydrogen) atoms. The molecule has 0 N–H and O–H groups in total. The van der Waals surface area contributed by atoms with Gasteiger partial charge in [0.15, 0.2) is 0 Å². The molecule has 0 aliphatic carbocycles. The van der Waals surface area contributed by atoms with Crippen LogP contribution in [0, 0.1) is 0 Å². The van der Waals surface area contributed by atoms with Gasteiger partial charge in [0, 0.05) is 31.6 Å². The summed E-state index contributed by atoms with van der Waals surface area (Å²) in [6, 6.07) is 9.55. The Kier molecular flexibility index (Phi) is 6.13. The van der Waals surface area contributed by atoms with Gasteiger partial charge in [0.05, 0.1) is 31.3 Å². The summed E-state index contributed by atoms with van der Waals surface area (Å²) in [4.78, 5) is 23.3. The fourth-order valence-electron chi connectivity index (χ4n) is 3.44. The molecule has 6 nitrogen and oxygen atoms in total. The highest BCUT2D eigenvalue weighted by molar-refractivity contribution is 7.14. The van der Waals surface area contributed by atoms with E-state index < -0.39 is 0 Å².